The van der Waals surface area contributed by atoms with Crippen LogP contribution in [-0.4, -0.2) is 25.0 Å². The van der Waals surface area contributed by atoms with E-state index in [1.165, 1.54) is 5.56 Å². The van der Waals surface area contributed by atoms with Gasteiger partial charge >= 0.3 is 0 Å². The monoisotopic (exact) mass is 216 g/mol. The third-order valence-corrected chi connectivity index (χ3v) is 3.54. The highest BCUT2D eigenvalue weighted by molar-refractivity contribution is 6.01. The number of anilines is 1. The van der Waals surface area contributed by atoms with E-state index in [9.17, 15) is 4.79 Å². The average Bonchev–Trinajstić information content (AvgIpc) is 2.66. The second-order valence-corrected chi connectivity index (χ2v) is 4.55. The molecule has 0 radical (unpaired) electrons. The minimum atomic E-state index is 0.271. The lowest BCUT2D eigenvalue weighted by Crippen LogP contribution is -2.44. The van der Waals surface area contributed by atoms with Gasteiger partial charge < -0.3 is 10.2 Å². The molecule has 0 aromatic heterocycles. The third-order valence-electron chi connectivity index (χ3n) is 3.54. The fraction of sp³-hybridized carbons (Fsp3) is 0.462. The second kappa shape index (κ2) is 3.91. The fourth-order valence-electron chi connectivity index (χ4n) is 2.74. The van der Waals surface area contributed by atoms with Crippen molar-refractivity contribution in [1.29, 1.82) is 0 Å². The maximum atomic E-state index is 12.0. The van der Waals surface area contributed by atoms with Gasteiger partial charge in [-0.2, -0.15) is 0 Å². The Morgan fingerprint density at radius 2 is 1.94 bits per heavy atom. The Bertz CT molecular complexity index is 410. The van der Waals surface area contributed by atoms with Crippen molar-refractivity contribution in [3.8, 4) is 0 Å². The van der Waals surface area contributed by atoms with Crippen molar-refractivity contribution in [1.82, 2.24) is 5.32 Å². The van der Waals surface area contributed by atoms with Crippen molar-refractivity contribution in [3.05, 3.63) is 29.8 Å². The van der Waals surface area contributed by atoms with Crippen molar-refractivity contribution >= 4 is 11.6 Å². The van der Waals surface area contributed by atoms with E-state index in [0.717, 1.165) is 31.6 Å². The molecule has 1 saturated heterocycles. The van der Waals surface area contributed by atoms with Crippen molar-refractivity contribution in [2.45, 2.75) is 25.3 Å². The Labute approximate surface area is 95.4 Å². The molecule has 3 rings (SSSR count). The van der Waals surface area contributed by atoms with Crippen LogP contribution in [0.4, 0.5) is 5.69 Å². The Hall–Kier alpha value is -1.35. The van der Waals surface area contributed by atoms with Crippen LogP contribution in [-0.2, 0) is 11.2 Å². The number of nitrogens with zero attached hydrogens (tertiary/aromatic N) is 1. The summed E-state index contributed by atoms with van der Waals surface area (Å²) in [4.78, 5) is 14.1. The van der Waals surface area contributed by atoms with Gasteiger partial charge in [-0.25, -0.2) is 0 Å². The van der Waals surface area contributed by atoms with Gasteiger partial charge in [0, 0.05) is 11.7 Å². The molecule has 84 valence electrons. The number of hydrogen-bond acceptors (Lipinski definition) is 2. The number of amides is 1. The van der Waals surface area contributed by atoms with E-state index in [0.29, 0.717) is 12.5 Å². The smallest absolute Gasteiger partial charge is 0.231 e. The Kier molecular flexibility index (Phi) is 2.40. The topological polar surface area (TPSA) is 32.3 Å². The molecule has 2 aliphatic heterocycles. The van der Waals surface area contributed by atoms with Gasteiger partial charge in [-0.1, -0.05) is 18.2 Å². The van der Waals surface area contributed by atoms with Crippen LogP contribution in [0.25, 0.3) is 0 Å². The first-order chi connectivity index (χ1) is 7.86. The molecule has 3 heteroatoms. The van der Waals surface area contributed by atoms with Crippen LogP contribution in [0.2, 0.25) is 0 Å². The molecule has 1 fully saturated rings. The summed E-state index contributed by atoms with van der Waals surface area (Å²) in [6, 6.07) is 8.57. The third kappa shape index (κ3) is 1.52. The van der Waals surface area contributed by atoms with Crippen LogP contribution in [0, 0.1) is 0 Å². The van der Waals surface area contributed by atoms with Crippen molar-refractivity contribution in [2.75, 3.05) is 18.0 Å². The number of fused-ring (bicyclic) bond motifs is 1. The molecule has 0 saturated carbocycles. The normalized spacial score (nSPS) is 21.2. The lowest BCUT2D eigenvalue weighted by molar-refractivity contribution is -0.117. The first kappa shape index (κ1) is 9.85. The maximum Gasteiger partial charge on any atom is 0.231 e. The average molecular weight is 216 g/mol. The number of benzene rings is 1. The summed E-state index contributed by atoms with van der Waals surface area (Å²) in [5.74, 6) is 0.271. The predicted molar refractivity (Wildman–Crippen MR) is 63.5 cm³/mol. The highest BCUT2D eigenvalue weighted by atomic mass is 16.2. The van der Waals surface area contributed by atoms with Gasteiger partial charge in [0.25, 0.3) is 0 Å². The molecule has 0 atom stereocenters. The van der Waals surface area contributed by atoms with Crippen molar-refractivity contribution in [3.63, 3.8) is 0 Å². The molecule has 2 heterocycles. The number of rotatable bonds is 1. The van der Waals surface area contributed by atoms with Gasteiger partial charge in [-0.05, 0) is 37.6 Å². The van der Waals surface area contributed by atoms with Crippen molar-refractivity contribution < 1.29 is 4.79 Å². The number of piperidine rings is 1. The first-order valence-electron chi connectivity index (χ1n) is 5.97. The number of nitrogens with one attached hydrogen (secondary N) is 1. The van der Waals surface area contributed by atoms with Gasteiger partial charge in [0.05, 0.1) is 6.42 Å². The highest BCUT2D eigenvalue weighted by Gasteiger charge is 2.32. The number of para-hydroxylation sites is 1. The van der Waals surface area contributed by atoms with Gasteiger partial charge in [-0.3, -0.25) is 4.79 Å². The number of hydrogen-bond donors (Lipinski definition) is 1. The van der Waals surface area contributed by atoms with Crippen LogP contribution in [0.1, 0.15) is 18.4 Å². The standard InChI is InChI=1S/C13H16N2O/c16-13-9-10-3-1-2-4-12(10)15(13)11-5-7-14-8-6-11/h1-4,11,14H,5-9H2. The second-order valence-electron chi connectivity index (χ2n) is 4.55. The summed E-state index contributed by atoms with van der Waals surface area (Å²) < 4.78 is 0. The lowest BCUT2D eigenvalue weighted by atomic mass is 10.0. The van der Waals surface area contributed by atoms with E-state index < -0.39 is 0 Å². The molecule has 1 N–H and O–H groups in total. The van der Waals surface area contributed by atoms with Gasteiger partial charge in [0.15, 0.2) is 0 Å². The summed E-state index contributed by atoms with van der Waals surface area (Å²) in [6.45, 7) is 2.05. The Balaban J connectivity index is 1.92. The SMILES string of the molecule is O=C1Cc2ccccc2N1C1CCNCC1. The van der Waals surface area contributed by atoms with Gasteiger partial charge in [-0.15, -0.1) is 0 Å². The molecule has 1 amide bonds. The molecule has 2 aliphatic rings. The van der Waals surface area contributed by atoms with E-state index in [1.807, 2.05) is 17.0 Å². The zero-order chi connectivity index (χ0) is 11.0. The quantitative estimate of drug-likeness (QED) is 0.768. The van der Waals surface area contributed by atoms with Gasteiger partial charge in [0.1, 0.15) is 0 Å². The molecule has 1 aromatic rings. The summed E-state index contributed by atoms with van der Waals surface area (Å²) in [5, 5.41) is 3.34. The molecule has 0 aliphatic carbocycles. The summed E-state index contributed by atoms with van der Waals surface area (Å²) in [7, 11) is 0. The van der Waals surface area contributed by atoms with E-state index in [2.05, 4.69) is 17.4 Å². The molecular weight excluding hydrogens is 200 g/mol. The van der Waals surface area contributed by atoms with Crippen LogP contribution >= 0.6 is 0 Å². The minimum Gasteiger partial charge on any atom is -0.317 e. The Morgan fingerprint density at radius 1 is 1.19 bits per heavy atom. The first-order valence-corrected chi connectivity index (χ1v) is 5.97. The molecule has 1 aromatic carbocycles. The summed E-state index contributed by atoms with van der Waals surface area (Å²) in [5.41, 5.74) is 2.32. The van der Waals surface area contributed by atoms with Crippen LogP contribution in [0.3, 0.4) is 0 Å². The van der Waals surface area contributed by atoms with E-state index in [1.54, 1.807) is 0 Å². The number of carbonyl (C=O) groups excluding carboxylic acids is 1. The highest BCUT2D eigenvalue weighted by Crippen LogP contribution is 2.32. The van der Waals surface area contributed by atoms with Crippen molar-refractivity contribution in [2.24, 2.45) is 0 Å². The van der Waals surface area contributed by atoms with E-state index >= 15 is 0 Å². The molecular formula is C13H16N2O. The molecule has 16 heavy (non-hydrogen) atoms. The summed E-state index contributed by atoms with van der Waals surface area (Å²) in [6.07, 6.45) is 2.72. The van der Waals surface area contributed by atoms with Gasteiger partial charge in [0.2, 0.25) is 5.91 Å². The molecule has 0 unspecified atom stereocenters. The van der Waals surface area contributed by atoms with Crippen LogP contribution in [0.15, 0.2) is 24.3 Å². The van der Waals surface area contributed by atoms with E-state index in [-0.39, 0.29) is 5.91 Å². The number of carbonyl (C=O) groups is 1. The zero-order valence-corrected chi connectivity index (χ0v) is 9.28. The maximum absolute atomic E-state index is 12.0. The predicted octanol–water partition coefficient (Wildman–Crippen LogP) is 1.33. The van der Waals surface area contributed by atoms with Crippen LogP contribution < -0.4 is 10.2 Å². The minimum absolute atomic E-state index is 0.271. The Morgan fingerprint density at radius 3 is 2.75 bits per heavy atom. The summed E-state index contributed by atoms with van der Waals surface area (Å²) >= 11 is 0. The largest absolute Gasteiger partial charge is 0.317 e. The molecule has 0 bridgehead atoms. The van der Waals surface area contributed by atoms with E-state index in [4.69, 9.17) is 0 Å². The lowest BCUT2D eigenvalue weighted by Gasteiger charge is -2.32. The van der Waals surface area contributed by atoms with Crippen LogP contribution in [0.5, 0.6) is 0 Å². The zero-order valence-electron chi connectivity index (χ0n) is 9.28. The fourth-order valence-corrected chi connectivity index (χ4v) is 2.74. The molecule has 3 nitrogen and oxygen atoms in total. The molecule has 0 spiro atoms.